The largest absolute Gasteiger partial charge is 0.384 e. The Hall–Kier alpha value is -1.38. The van der Waals surface area contributed by atoms with Gasteiger partial charge in [-0.25, -0.2) is 0 Å². The maximum atomic E-state index is 10.8. The highest BCUT2D eigenvalue weighted by atomic mass is 16.3. The van der Waals surface area contributed by atoms with E-state index in [0.717, 1.165) is 31.4 Å². The zero-order valence-corrected chi connectivity index (χ0v) is 11.4. The molecule has 1 aromatic carbocycles. The van der Waals surface area contributed by atoms with Crippen LogP contribution in [0.15, 0.2) is 49.1 Å². The van der Waals surface area contributed by atoms with Crippen LogP contribution in [-0.4, -0.2) is 23.3 Å². The minimum absolute atomic E-state index is 0.124. The number of hydrogen-bond acceptors (Lipinski definition) is 2. The molecule has 0 spiro atoms. The lowest BCUT2D eigenvalue weighted by molar-refractivity contribution is 0.0191. The zero-order valence-electron chi connectivity index (χ0n) is 11.4. The monoisotopic (exact) mass is 257 g/mol. The summed E-state index contributed by atoms with van der Waals surface area (Å²) >= 11 is 0. The van der Waals surface area contributed by atoms with Crippen LogP contribution in [-0.2, 0) is 0 Å². The van der Waals surface area contributed by atoms with Crippen LogP contribution in [0.4, 0.5) is 0 Å². The summed E-state index contributed by atoms with van der Waals surface area (Å²) < 4.78 is 0. The van der Waals surface area contributed by atoms with E-state index in [1.165, 1.54) is 6.42 Å². The third-order valence-electron chi connectivity index (χ3n) is 3.80. The molecule has 2 heteroatoms. The molecule has 2 N–H and O–H groups in total. The molecule has 0 unspecified atom stereocenters. The van der Waals surface area contributed by atoms with Crippen LogP contribution in [0.3, 0.4) is 0 Å². The summed E-state index contributed by atoms with van der Waals surface area (Å²) in [7, 11) is 0. The summed E-state index contributed by atoms with van der Waals surface area (Å²) in [5, 5.41) is 14.2. The van der Waals surface area contributed by atoms with Gasteiger partial charge in [0.15, 0.2) is 0 Å². The van der Waals surface area contributed by atoms with E-state index in [-0.39, 0.29) is 6.04 Å². The van der Waals surface area contributed by atoms with Crippen molar-refractivity contribution in [2.45, 2.75) is 37.3 Å². The smallest absolute Gasteiger partial charge is 0.0983 e. The van der Waals surface area contributed by atoms with Gasteiger partial charge in [0.2, 0.25) is 0 Å². The molecule has 2 atom stereocenters. The number of hydrogen-bond donors (Lipinski definition) is 2. The molecule has 1 aliphatic carbocycles. The Labute approximate surface area is 115 Å². The van der Waals surface area contributed by atoms with Crippen LogP contribution in [0.1, 0.15) is 31.2 Å². The van der Waals surface area contributed by atoms with Gasteiger partial charge in [-0.3, -0.25) is 0 Å². The van der Waals surface area contributed by atoms with Crippen molar-refractivity contribution in [2.75, 3.05) is 6.54 Å². The van der Waals surface area contributed by atoms with Gasteiger partial charge >= 0.3 is 0 Å². The lowest BCUT2D eigenvalue weighted by atomic mass is 9.79. The molecule has 1 aromatic rings. The number of benzene rings is 1. The Morgan fingerprint density at radius 3 is 2.84 bits per heavy atom. The van der Waals surface area contributed by atoms with E-state index in [1.807, 2.05) is 36.4 Å². The molecule has 1 saturated carbocycles. The van der Waals surface area contributed by atoms with E-state index in [2.05, 4.69) is 24.0 Å². The Kier molecular flexibility index (Phi) is 4.94. The molecule has 0 saturated heterocycles. The maximum Gasteiger partial charge on any atom is 0.0983 e. The second kappa shape index (κ2) is 6.69. The molecular weight excluding hydrogens is 234 g/mol. The first-order valence-electron chi connectivity index (χ1n) is 7.05. The molecule has 0 aliphatic heterocycles. The van der Waals surface area contributed by atoms with Crippen LogP contribution < -0.4 is 5.32 Å². The Balaban J connectivity index is 2.09. The molecule has 1 aliphatic rings. The molecule has 0 aromatic heterocycles. The third kappa shape index (κ3) is 3.79. The van der Waals surface area contributed by atoms with Crippen molar-refractivity contribution in [3.8, 4) is 0 Å². The van der Waals surface area contributed by atoms with Crippen molar-refractivity contribution in [1.29, 1.82) is 0 Å². The van der Waals surface area contributed by atoms with Crippen molar-refractivity contribution in [2.24, 2.45) is 0 Å². The van der Waals surface area contributed by atoms with Crippen molar-refractivity contribution in [1.82, 2.24) is 5.32 Å². The second-order valence-corrected chi connectivity index (χ2v) is 5.23. The lowest BCUT2D eigenvalue weighted by Gasteiger charge is -2.38. The first kappa shape index (κ1) is 14.0. The predicted molar refractivity (Wildman–Crippen MR) is 80.9 cm³/mol. The topological polar surface area (TPSA) is 32.3 Å². The Bertz CT molecular complexity index is 426. The highest BCUT2D eigenvalue weighted by molar-refractivity contribution is 5.50. The van der Waals surface area contributed by atoms with Crippen molar-refractivity contribution in [3.05, 3.63) is 54.6 Å². The molecule has 0 radical (unpaired) electrons. The highest BCUT2D eigenvalue weighted by Crippen LogP contribution is 2.30. The highest BCUT2D eigenvalue weighted by Gasteiger charge is 2.35. The van der Waals surface area contributed by atoms with Crippen LogP contribution in [0.5, 0.6) is 0 Å². The fourth-order valence-corrected chi connectivity index (χ4v) is 2.69. The average molecular weight is 257 g/mol. The van der Waals surface area contributed by atoms with E-state index in [1.54, 1.807) is 0 Å². The van der Waals surface area contributed by atoms with Gasteiger partial charge in [0.25, 0.3) is 0 Å². The van der Waals surface area contributed by atoms with Crippen molar-refractivity contribution in [3.63, 3.8) is 0 Å². The molecule has 0 heterocycles. The fourth-order valence-electron chi connectivity index (χ4n) is 2.69. The van der Waals surface area contributed by atoms with Gasteiger partial charge in [0.1, 0.15) is 0 Å². The molecule has 2 nitrogen and oxygen atoms in total. The number of nitrogens with one attached hydrogen (secondary N) is 1. The first-order chi connectivity index (χ1) is 9.24. The minimum atomic E-state index is -0.739. The van der Waals surface area contributed by atoms with Gasteiger partial charge in [-0.1, -0.05) is 61.4 Å². The quantitative estimate of drug-likeness (QED) is 0.794. The van der Waals surface area contributed by atoms with Gasteiger partial charge in [0.05, 0.1) is 5.60 Å². The van der Waals surface area contributed by atoms with Gasteiger partial charge in [-0.2, -0.15) is 0 Å². The SMILES string of the molecule is C=CCN[C@@H]1CCCC[C@]1(O)/C=C/c1ccccc1. The van der Waals surface area contributed by atoms with Crippen LogP contribution in [0, 0.1) is 0 Å². The molecule has 1 fully saturated rings. The molecule has 2 rings (SSSR count). The molecular formula is C17H23NO. The predicted octanol–water partition coefficient (Wildman–Crippen LogP) is 3.15. The van der Waals surface area contributed by atoms with E-state index < -0.39 is 5.60 Å². The molecule has 0 amide bonds. The average Bonchev–Trinajstić information content (AvgIpc) is 2.46. The van der Waals surface area contributed by atoms with E-state index in [9.17, 15) is 5.11 Å². The molecule has 102 valence electrons. The summed E-state index contributed by atoms with van der Waals surface area (Å²) in [6, 6.07) is 10.3. The summed E-state index contributed by atoms with van der Waals surface area (Å²) in [5.41, 5.74) is 0.390. The van der Waals surface area contributed by atoms with Crippen molar-refractivity contribution >= 4 is 6.08 Å². The number of aliphatic hydroxyl groups is 1. The summed E-state index contributed by atoms with van der Waals surface area (Å²) in [6.07, 6.45) is 9.93. The fraction of sp³-hybridized carbons (Fsp3) is 0.412. The van der Waals surface area contributed by atoms with Gasteiger partial charge < -0.3 is 10.4 Å². The van der Waals surface area contributed by atoms with E-state index in [4.69, 9.17) is 0 Å². The van der Waals surface area contributed by atoms with Gasteiger partial charge in [-0.15, -0.1) is 6.58 Å². The molecule has 19 heavy (non-hydrogen) atoms. The number of rotatable bonds is 5. The Morgan fingerprint density at radius 2 is 2.11 bits per heavy atom. The van der Waals surface area contributed by atoms with E-state index >= 15 is 0 Å². The lowest BCUT2D eigenvalue weighted by Crippen LogP contribution is -2.51. The second-order valence-electron chi connectivity index (χ2n) is 5.23. The molecule has 0 bridgehead atoms. The first-order valence-corrected chi connectivity index (χ1v) is 7.05. The van der Waals surface area contributed by atoms with Crippen LogP contribution in [0.2, 0.25) is 0 Å². The zero-order chi connectivity index (χ0) is 13.6. The van der Waals surface area contributed by atoms with Crippen LogP contribution >= 0.6 is 0 Å². The van der Waals surface area contributed by atoms with Crippen molar-refractivity contribution < 1.29 is 5.11 Å². The maximum absolute atomic E-state index is 10.8. The third-order valence-corrected chi connectivity index (χ3v) is 3.80. The van der Waals surface area contributed by atoms with E-state index in [0.29, 0.717) is 0 Å². The van der Waals surface area contributed by atoms with Gasteiger partial charge in [0, 0.05) is 12.6 Å². The van der Waals surface area contributed by atoms with Crippen LogP contribution in [0.25, 0.3) is 6.08 Å². The standard InChI is InChI=1S/C17H23NO/c1-2-14-18-16-10-6-7-12-17(16,19)13-11-15-8-4-3-5-9-15/h2-5,8-9,11,13,16,18-19H,1,6-7,10,12,14H2/b13-11+/t16-,17+/m1/s1. The van der Waals surface area contributed by atoms with Gasteiger partial charge in [-0.05, 0) is 18.4 Å². The Morgan fingerprint density at radius 1 is 1.32 bits per heavy atom. The summed E-state index contributed by atoms with van der Waals surface area (Å²) in [5.74, 6) is 0. The summed E-state index contributed by atoms with van der Waals surface area (Å²) in [4.78, 5) is 0. The normalized spacial score (nSPS) is 27.5. The minimum Gasteiger partial charge on any atom is -0.384 e. The summed E-state index contributed by atoms with van der Waals surface area (Å²) in [6.45, 7) is 4.47.